The maximum absolute atomic E-state index is 13.3. The Bertz CT molecular complexity index is 1130. The van der Waals surface area contributed by atoms with Crippen molar-refractivity contribution < 1.29 is 31.9 Å². The number of rotatable bonds is 8. The molecule has 1 fully saturated rings. The van der Waals surface area contributed by atoms with E-state index >= 15 is 0 Å². The van der Waals surface area contributed by atoms with E-state index in [4.69, 9.17) is 15.2 Å². The van der Waals surface area contributed by atoms with Crippen LogP contribution in [0.25, 0.3) is 0 Å². The summed E-state index contributed by atoms with van der Waals surface area (Å²) < 4.78 is 51.1. The second kappa shape index (κ2) is 10.1. The lowest BCUT2D eigenvalue weighted by Gasteiger charge is -2.29. The summed E-state index contributed by atoms with van der Waals surface area (Å²) in [6.07, 6.45) is -1.45. The van der Waals surface area contributed by atoms with Gasteiger partial charge in [0.25, 0.3) is 11.8 Å². The summed E-state index contributed by atoms with van der Waals surface area (Å²) in [6.45, 7) is 0.0682. The molecule has 10 nitrogen and oxygen atoms in total. The van der Waals surface area contributed by atoms with Crippen LogP contribution >= 0.6 is 0 Å². The van der Waals surface area contributed by atoms with E-state index in [1.807, 2.05) is 0 Å². The zero-order valence-electron chi connectivity index (χ0n) is 18.2. The molecule has 0 aromatic heterocycles. The molecule has 0 aliphatic carbocycles. The van der Waals surface area contributed by atoms with E-state index in [1.54, 1.807) is 6.07 Å². The van der Waals surface area contributed by atoms with Crippen molar-refractivity contribution in [3.8, 4) is 11.5 Å². The Morgan fingerprint density at radius 3 is 2.36 bits per heavy atom. The van der Waals surface area contributed by atoms with Crippen molar-refractivity contribution in [2.45, 2.75) is 11.1 Å². The average Bonchev–Trinajstić information content (AvgIpc) is 3.28. The van der Waals surface area contributed by atoms with Crippen LogP contribution in [-0.4, -0.2) is 76.0 Å². The van der Waals surface area contributed by atoms with Crippen LogP contribution in [0.15, 0.2) is 47.4 Å². The van der Waals surface area contributed by atoms with Crippen LogP contribution in [0.3, 0.4) is 0 Å². The number of nitrogens with one attached hydrogen (secondary N) is 1. The molecule has 3 rings (SSSR count). The molecule has 0 spiro atoms. The van der Waals surface area contributed by atoms with Crippen LogP contribution < -0.4 is 20.5 Å². The van der Waals surface area contributed by atoms with Gasteiger partial charge >= 0.3 is 0 Å². The monoisotopic (exact) mass is 480 g/mol. The van der Waals surface area contributed by atoms with Crippen LogP contribution in [0.2, 0.25) is 0 Å². The van der Waals surface area contributed by atoms with Crippen molar-refractivity contribution in [2.24, 2.45) is 5.73 Å². The van der Waals surface area contributed by atoms with E-state index < -0.39 is 33.8 Å². The molecule has 1 atom stereocenters. The molecular formula is C21H25FN4O6S. The Kier molecular flexibility index (Phi) is 7.51. The first kappa shape index (κ1) is 24.4. The highest BCUT2D eigenvalue weighted by molar-refractivity contribution is 7.89. The van der Waals surface area contributed by atoms with Crippen molar-refractivity contribution >= 4 is 21.8 Å². The van der Waals surface area contributed by atoms with Gasteiger partial charge in [-0.25, -0.2) is 12.8 Å². The summed E-state index contributed by atoms with van der Waals surface area (Å²) in [4.78, 5) is 27.2. The van der Waals surface area contributed by atoms with Gasteiger partial charge in [0.15, 0.2) is 17.7 Å². The van der Waals surface area contributed by atoms with Gasteiger partial charge in [-0.3, -0.25) is 9.59 Å². The number of amides is 2. The van der Waals surface area contributed by atoms with Gasteiger partial charge in [-0.15, -0.1) is 0 Å². The van der Waals surface area contributed by atoms with Crippen LogP contribution in [0.5, 0.6) is 11.5 Å². The van der Waals surface area contributed by atoms with E-state index in [9.17, 15) is 22.4 Å². The highest BCUT2D eigenvalue weighted by Crippen LogP contribution is 2.30. The Morgan fingerprint density at radius 1 is 1.09 bits per heavy atom. The summed E-state index contributed by atoms with van der Waals surface area (Å²) in [6, 6.07) is 8.73. The molecule has 2 aromatic carbocycles. The summed E-state index contributed by atoms with van der Waals surface area (Å²) in [7, 11) is -1.34. The Hall–Kier alpha value is -3.22. The molecule has 33 heavy (non-hydrogen) atoms. The molecule has 1 unspecified atom stereocenters. The number of nitrogens with zero attached hydrogens (tertiary/aromatic N) is 2. The fraction of sp³-hybridized carbons (Fsp3) is 0.333. The Balaban J connectivity index is 1.98. The second-order valence-electron chi connectivity index (χ2n) is 7.09. The van der Waals surface area contributed by atoms with Crippen molar-refractivity contribution in [3.05, 3.63) is 53.8 Å². The molecule has 1 aliphatic rings. The van der Waals surface area contributed by atoms with Gasteiger partial charge in [-0.05, 0) is 42.5 Å². The molecule has 178 valence electrons. The molecule has 0 radical (unpaired) electrons. The van der Waals surface area contributed by atoms with E-state index in [2.05, 4.69) is 5.32 Å². The largest absolute Gasteiger partial charge is 0.493 e. The highest BCUT2D eigenvalue weighted by atomic mass is 32.2. The van der Waals surface area contributed by atoms with Gasteiger partial charge in [-0.2, -0.15) is 4.31 Å². The van der Waals surface area contributed by atoms with E-state index in [0.29, 0.717) is 11.5 Å². The molecule has 12 heteroatoms. The van der Waals surface area contributed by atoms with Gasteiger partial charge in [0, 0.05) is 31.7 Å². The molecule has 2 amide bonds. The molecular weight excluding hydrogens is 455 g/mol. The number of sulfonamides is 1. The first-order valence-electron chi connectivity index (χ1n) is 10.0. The molecule has 1 heterocycles. The minimum atomic E-state index is -4.21. The molecule has 1 aliphatic heterocycles. The van der Waals surface area contributed by atoms with Gasteiger partial charge in [0.2, 0.25) is 10.0 Å². The molecule has 1 saturated heterocycles. The van der Waals surface area contributed by atoms with Gasteiger partial charge < -0.3 is 25.4 Å². The standard InChI is InChI=1S/C21H25FN4O6S/c1-31-17-8-3-14(13-18(17)32-2)21(28)25-11-12-26(20(25)19(27)24-10-9-23)33(29,30)16-6-4-15(22)5-7-16/h3-8,13,20H,9-12,23H2,1-2H3,(H,24,27). The van der Waals surface area contributed by atoms with Crippen molar-refractivity contribution in [3.63, 3.8) is 0 Å². The summed E-state index contributed by atoms with van der Waals surface area (Å²) >= 11 is 0. The molecule has 3 N–H and O–H groups in total. The smallest absolute Gasteiger partial charge is 0.259 e. The summed E-state index contributed by atoms with van der Waals surface area (Å²) in [5, 5.41) is 2.55. The normalized spacial score (nSPS) is 16.5. The number of hydrogen-bond acceptors (Lipinski definition) is 7. The van der Waals surface area contributed by atoms with E-state index in [0.717, 1.165) is 33.5 Å². The van der Waals surface area contributed by atoms with Crippen LogP contribution in [0.4, 0.5) is 4.39 Å². The second-order valence-corrected chi connectivity index (χ2v) is 8.98. The molecule has 2 aromatic rings. The number of ether oxygens (including phenoxy) is 2. The zero-order chi connectivity index (χ0) is 24.2. The minimum Gasteiger partial charge on any atom is -0.493 e. The predicted molar refractivity (Wildman–Crippen MR) is 117 cm³/mol. The minimum absolute atomic E-state index is 0.0334. The first-order valence-corrected chi connectivity index (χ1v) is 11.5. The number of methoxy groups -OCH3 is 2. The highest BCUT2D eigenvalue weighted by Gasteiger charge is 2.46. The average molecular weight is 481 g/mol. The third-order valence-electron chi connectivity index (χ3n) is 5.12. The number of hydrogen-bond donors (Lipinski definition) is 2. The SMILES string of the molecule is COc1ccc(C(=O)N2CCN(S(=O)(=O)c3ccc(F)cc3)C2C(=O)NCCN)cc1OC. The molecule has 0 saturated carbocycles. The van der Waals surface area contributed by atoms with Gasteiger partial charge in [0.05, 0.1) is 19.1 Å². The van der Waals surface area contributed by atoms with Crippen molar-refractivity contribution in [1.29, 1.82) is 0 Å². The fourth-order valence-electron chi connectivity index (χ4n) is 3.51. The number of carbonyl (C=O) groups is 2. The Labute approximate surface area is 191 Å². The number of nitrogens with two attached hydrogens (primary N) is 1. The van der Waals surface area contributed by atoms with Crippen LogP contribution in [0, 0.1) is 5.82 Å². The van der Waals surface area contributed by atoms with Gasteiger partial charge in [0.1, 0.15) is 5.82 Å². The fourth-order valence-corrected chi connectivity index (χ4v) is 5.05. The van der Waals surface area contributed by atoms with E-state index in [-0.39, 0.29) is 36.6 Å². The Morgan fingerprint density at radius 2 is 1.76 bits per heavy atom. The number of halogens is 1. The predicted octanol–water partition coefficient (Wildman–Crippen LogP) is 0.391. The topological polar surface area (TPSA) is 131 Å². The summed E-state index contributed by atoms with van der Waals surface area (Å²) in [5.74, 6) is -1.15. The molecule has 0 bridgehead atoms. The van der Waals surface area contributed by atoms with Crippen molar-refractivity contribution in [2.75, 3.05) is 40.4 Å². The quantitative estimate of drug-likeness (QED) is 0.559. The number of benzene rings is 2. The third kappa shape index (κ3) is 4.92. The maximum atomic E-state index is 13.3. The lowest BCUT2D eigenvalue weighted by atomic mass is 10.1. The van der Waals surface area contributed by atoms with Crippen LogP contribution in [-0.2, 0) is 14.8 Å². The van der Waals surface area contributed by atoms with E-state index in [1.165, 1.54) is 26.4 Å². The van der Waals surface area contributed by atoms with Gasteiger partial charge in [-0.1, -0.05) is 0 Å². The van der Waals surface area contributed by atoms with Crippen LogP contribution in [0.1, 0.15) is 10.4 Å². The van der Waals surface area contributed by atoms with Crippen molar-refractivity contribution in [1.82, 2.24) is 14.5 Å². The number of carbonyl (C=O) groups excluding carboxylic acids is 2. The zero-order valence-corrected chi connectivity index (χ0v) is 19.0. The summed E-state index contributed by atoms with van der Waals surface area (Å²) in [5.41, 5.74) is 5.64. The maximum Gasteiger partial charge on any atom is 0.259 e. The lowest BCUT2D eigenvalue weighted by Crippen LogP contribution is -2.54. The first-order chi connectivity index (χ1) is 15.7. The third-order valence-corrected chi connectivity index (χ3v) is 6.99. The lowest BCUT2D eigenvalue weighted by molar-refractivity contribution is -0.127.